The number of ether oxygens (including phenoxy) is 1. The van der Waals surface area contributed by atoms with Crippen molar-refractivity contribution in [3.8, 4) is 5.75 Å². The summed E-state index contributed by atoms with van der Waals surface area (Å²) < 4.78 is 5.66. The molecular formula is C18H25NO2. The first-order valence-electron chi connectivity index (χ1n) is 7.88. The molecule has 114 valence electrons. The quantitative estimate of drug-likeness (QED) is 0.614. The maximum Gasteiger partial charge on any atom is 0.223 e. The Hall–Kier alpha value is -1.77. The Balaban J connectivity index is 1.52. The van der Waals surface area contributed by atoms with Crippen LogP contribution in [0.4, 0.5) is 0 Å². The first-order chi connectivity index (χ1) is 10.3. The van der Waals surface area contributed by atoms with Crippen LogP contribution in [0.3, 0.4) is 0 Å². The SMILES string of the molecule is Cc1ccc(OCCCCNC(=O)C2CC=CCC2)cc1. The number of rotatable bonds is 7. The second kappa shape index (κ2) is 8.50. The number of amides is 1. The van der Waals surface area contributed by atoms with E-state index >= 15 is 0 Å². The molecule has 1 amide bonds. The maximum atomic E-state index is 11.9. The fraction of sp³-hybridized carbons (Fsp3) is 0.500. The van der Waals surface area contributed by atoms with Gasteiger partial charge in [-0.1, -0.05) is 29.8 Å². The van der Waals surface area contributed by atoms with Gasteiger partial charge in [0.2, 0.25) is 5.91 Å². The van der Waals surface area contributed by atoms with E-state index in [1.165, 1.54) is 5.56 Å². The van der Waals surface area contributed by atoms with E-state index in [0.717, 1.165) is 44.4 Å². The Kier molecular flexibility index (Phi) is 6.32. The number of carbonyl (C=O) groups excluding carboxylic acids is 1. The Labute approximate surface area is 127 Å². The summed E-state index contributed by atoms with van der Waals surface area (Å²) in [5.74, 6) is 1.30. The highest BCUT2D eigenvalue weighted by Gasteiger charge is 2.17. The largest absolute Gasteiger partial charge is 0.494 e. The Morgan fingerprint density at radius 2 is 2.05 bits per heavy atom. The van der Waals surface area contributed by atoms with Crippen LogP contribution in [0.1, 0.15) is 37.7 Å². The van der Waals surface area contributed by atoms with Gasteiger partial charge in [-0.3, -0.25) is 4.79 Å². The zero-order valence-electron chi connectivity index (χ0n) is 12.8. The van der Waals surface area contributed by atoms with Gasteiger partial charge in [0.25, 0.3) is 0 Å². The van der Waals surface area contributed by atoms with Gasteiger partial charge in [-0.15, -0.1) is 0 Å². The topological polar surface area (TPSA) is 38.3 Å². The van der Waals surface area contributed by atoms with Crippen molar-refractivity contribution >= 4 is 5.91 Å². The first-order valence-corrected chi connectivity index (χ1v) is 7.88. The average molecular weight is 287 g/mol. The summed E-state index contributed by atoms with van der Waals surface area (Å²) in [6.45, 7) is 3.51. The lowest BCUT2D eigenvalue weighted by Crippen LogP contribution is -2.32. The van der Waals surface area contributed by atoms with Crippen LogP contribution in [-0.2, 0) is 4.79 Å². The number of unbranched alkanes of at least 4 members (excludes halogenated alkanes) is 1. The lowest BCUT2D eigenvalue weighted by Gasteiger charge is -2.17. The van der Waals surface area contributed by atoms with Gasteiger partial charge in [-0.25, -0.2) is 0 Å². The minimum Gasteiger partial charge on any atom is -0.494 e. The van der Waals surface area contributed by atoms with Crippen molar-refractivity contribution in [2.45, 2.75) is 39.0 Å². The molecule has 0 fully saturated rings. The van der Waals surface area contributed by atoms with Crippen molar-refractivity contribution in [3.05, 3.63) is 42.0 Å². The van der Waals surface area contributed by atoms with Gasteiger partial charge in [0.05, 0.1) is 6.61 Å². The smallest absolute Gasteiger partial charge is 0.223 e. The molecule has 3 nitrogen and oxygen atoms in total. The number of benzene rings is 1. The summed E-state index contributed by atoms with van der Waals surface area (Å²) >= 11 is 0. The van der Waals surface area contributed by atoms with E-state index in [1.807, 2.05) is 24.3 Å². The monoisotopic (exact) mass is 287 g/mol. The van der Waals surface area contributed by atoms with Gasteiger partial charge in [0, 0.05) is 12.5 Å². The van der Waals surface area contributed by atoms with Gasteiger partial charge in [-0.05, 0) is 51.2 Å². The predicted octanol–water partition coefficient (Wildman–Crippen LogP) is 3.63. The lowest BCUT2D eigenvalue weighted by molar-refractivity contribution is -0.125. The molecule has 1 N–H and O–H groups in total. The van der Waals surface area contributed by atoms with E-state index in [9.17, 15) is 4.79 Å². The van der Waals surface area contributed by atoms with Crippen molar-refractivity contribution in [1.82, 2.24) is 5.32 Å². The fourth-order valence-corrected chi connectivity index (χ4v) is 2.44. The second-order valence-electron chi connectivity index (χ2n) is 5.64. The third-order valence-corrected chi connectivity index (χ3v) is 3.80. The molecular weight excluding hydrogens is 262 g/mol. The molecule has 0 bridgehead atoms. The Morgan fingerprint density at radius 1 is 1.24 bits per heavy atom. The zero-order valence-corrected chi connectivity index (χ0v) is 12.8. The maximum absolute atomic E-state index is 11.9. The molecule has 0 spiro atoms. The van der Waals surface area contributed by atoms with Crippen molar-refractivity contribution in [2.24, 2.45) is 5.92 Å². The standard InChI is InChI=1S/C18H25NO2/c1-15-9-11-17(12-10-15)21-14-6-5-13-19-18(20)16-7-3-2-4-8-16/h2-3,9-12,16H,4-8,13-14H2,1H3,(H,19,20). The summed E-state index contributed by atoms with van der Waals surface area (Å²) in [7, 11) is 0. The highest BCUT2D eigenvalue weighted by molar-refractivity contribution is 5.78. The van der Waals surface area contributed by atoms with Crippen molar-refractivity contribution < 1.29 is 9.53 Å². The molecule has 0 aromatic heterocycles. The molecule has 1 aromatic rings. The third kappa shape index (κ3) is 5.62. The van der Waals surface area contributed by atoms with Crippen LogP contribution in [0.2, 0.25) is 0 Å². The van der Waals surface area contributed by atoms with Gasteiger partial charge < -0.3 is 10.1 Å². The number of hydrogen-bond donors (Lipinski definition) is 1. The molecule has 1 atom stereocenters. The molecule has 0 saturated carbocycles. The third-order valence-electron chi connectivity index (χ3n) is 3.80. The van der Waals surface area contributed by atoms with E-state index in [0.29, 0.717) is 6.61 Å². The number of allylic oxidation sites excluding steroid dienone is 2. The molecule has 0 saturated heterocycles. The van der Waals surface area contributed by atoms with Crippen LogP contribution in [0.5, 0.6) is 5.75 Å². The van der Waals surface area contributed by atoms with E-state index < -0.39 is 0 Å². The Morgan fingerprint density at radius 3 is 2.76 bits per heavy atom. The second-order valence-corrected chi connectivity index (χ2v) is 5.64. The zero-order chi connectivity index (χ0) is 14.9. The minimum atomic E-state index is 0.179. The summed E-state index contributed by atoms with van der Waals surface area (Å²) in [5.41, 5.74) is 1.24. The van der Waals surface area contributed by atoms with E-state index in [2.05, 4.69) is 24.4 Å². The van der Waals surface area contributed by atoms with E-state index in [4.69, 9.17) is 4.74 Å². The van der Waals surface area contributed by atoms with Crippen LogP contribution in [-0.4, -0.2) is 19.1 Å². The molecule has 1 aliphatic carbocycles. The fourth-order valence-electron chi connectivity index (χ4n) is 2.44. The summed E-state index contributed by atoms with van der Waals surface area (Å²) in [6.07, 6.45) is 9.10. The van der Waals surface area contributed by atoms with Crippen LogP contribution in [0.15, 0.2) is 36.4 Å². The molecule has 1 aliphatic rings. The van der Waals surface area contributed by atoms with Gasteiger partial charge in [-0.2, -0.15) is 0 Å². The number of hydrogen-bond acceptors (Lipinski definition) is 2. The summed E-state index contributed by atoms with van der Waals surface area (Å²) in [6, 6.07) is 8.09. The number of aryl methyl sites for hydroxylation is 1. The minimum absolute atomic E-state index is 0.179. The average Bonchev–Trinajstić information content (AvgIpc) is 2.53. The molecule has 0 heterocycles. The molecule has 1 aromatic carbocycles. The van der Waals surface area contributed by atoms with Gasteiger partial charge >= 0.3 is 0 Å². The molecule has 21 heavy (non-hydrogen) atoms. The lowest BCUT2D eigenvalue weighted by atomic mass is 9.94. The number of carbonyl (C=O) groups is 1. The predicted molar refractivity (Wildman–Crippen MR) is 85.4 cm³/mol. The van der Waals surface area contributed by atoms with E-state index in [1.54, 1.807) is 0 Å². The Bertz CT molecular complexity index is 465. The molecule has 0 radical (unpaired) electrons. The van der Waals surface area contributed by atoms with Crippen LogP contribution in [0.25, 0.3) is 0 Å². The van der Waals surface area contributed by atoms with Gasteiger partial charge in [0.15, 0.2) is 0 Å². The molecule has 3 heteroatoms. The normalized spacial score (nSPS) is 17.5. The van der Waals surface area contributed by atoms with Crippen molar-refractivity contribution in [1.29, 1.82) is 0 Å². The highest BCUT2D eigenvalue weighted by Crippen LogP contribution is 2.18. The van der Waals surface area contributed by atoms with Crippen LogP contribution >= 0.6 is 0 Å². The molecule has 0 aliphatic heterocycles. The van der Waals surface area contributed by atoms with Gasteiger partial charge in [0.1, 0.15) is 5.75 Å². The summed E-state index contributed by atoms with van der Waals surface area (Å²) in [4.78, 5) is 11.9. The van der Waals surface area contributed by atoms with Crippen LogP contribution in [0, 0.1) is 12.8 Å². The molecule has 1 unspecified atom stereocenters. The van der Waals surface area contributed by atoms with Crippen molar-refractivity contribution in [3.63, 3.8) is 0 Å². The van der Waals surface area contributed by atoms with Crippen molar-refractivity contribution in [2.75, 3.05) is 13.2 Å². The van der Waals surface area contributed by atoms with E-state index in [-0.39, 0.29) is 11.8 Å². The number of nitrogens with one attached hydrogen (secondary N) is 1. The van der Waals surface area contributed by atoms with Crippen LogP contribution < -0.4 is 10.1 Å². The molecule has 2 rings (SSSR count). The first kappa shape index (κ1) is 15.6. The summed E-state index contributed by atoms with van der Waals surface area (Å²) in [5, 5.41) is 3.03. The highest BCUT2D eigenvalue weighted by atomic mass is 16.5.